The molecule has 0 atom stereocenters. The predicted molar refractivity (Wildman–Crippen MR) is 38.0 cm³/mol. The Balaban J connectivity index is 0. The Morgan fingerprint density at radius 2 is 0.750 bits per heavy atom. The molecular weight excluding hydrogens is 524 g/mol. The van der Waals surface area contributed by atoms with Crippen LogP contribution < -0.4 is 0 Å². The van der Waals surface area contributed by atoms with Gasteiger partial charge in [0.1, 0.15) is 0 Å². The first-order valence-corrected chi connectivity index (χ1v) is 0. The summed E-state index contributed by atoms with van der Waals surface area (Å²) in [6.45, 7) is 0. The summed E-state index contributed by atoms with van der Waals surface area (Å²) in [5, 5.41) is 0. The van der Waals surface area contributed by atoms with Crippen molar-refractivity contribution in [2.45, 2.75) is 0 Å². The second kappa shape index (κ2) is 16.6. The molecule has 0 N–H and O–H groups in total. The molecule has 0 unspecified atom stereocenters. The van der Waals surface area contributed by atoms with Gasteiger partial charge in [-0.2, -0.15) is 0 Å². The Kier molecular flexibility index (Phi) is 116. The molecule has 0 saturated heterocycles. The third kappa shape index (κ3) is 8.90. The van der Waals surface area contributed by atoms with Gasteiger partial charge in [0.05, 0.1) is 0 Å². The van der Waals surface area contributed by atoms with Crippen molar-refractivity contribution in [3.05, 3.63) is 0 Å². The van der Waals surface area contributed by atoms with E-state index in [1.165, 1.54) is 0 Å². The van der Waals surface area contributed by atoms with E-state index >= 15 is 0 Å². The van der Waals surface area contributed by atoms with Crippen LogP contribution in [0.25, 0.3) is 0 Å². The van der Waals surface area contributed by atoms with Crippen LogP contribution >= 0.6 is 48.0 Å². The maximum Gasteiger partial charge on any atom is 0 e. The van der Waals surface area contributed by atoms with Gasteiger partial charge < -0.3 is 0 Å². The van der Waals surface area contributed by atoms with Crippen molar-refractivity contribution < 1.29 is 27.7 Å². The largest absolute Gasteiger partial charge is 0 e. The van der Waals surface area contributed by atoms with E-state index in [-0.39, 0.29) is 95.4 Å². The fourth-order valence-electron chi connectivity index (χ4n) is 0. The standard InChI is InChI=1S/Ga.Hg.2I.3H. The van der Waals surface area contributed by atoms with Gasteiger partial charge in [-0.25, -0.2) is 0 Å². The molecule has 0 heterocycles. The van der Waals surface area contributed by atoms with Crippen molar-refractivity contribution >= 4 is 67.7 Å². The van der Waals surface area contributed by atoms with Crippen LogP contribution in [0.15, 0.2) is 0 Å². The van der Waals surface area contributed by atoms with Gasteiger partial charge in [0.25, 0.3) is 0 Å². The van der Waals surface area contributed by atoms with E-state index in [1.807, 2.05) is 0 Å². The summed E-state index contributed by atoms with van der Waals surface area (Å²) in [6, 6.07) is 0. The van der Waals surface area contributed by atoms with E-state index in [1.54, 1.807) is 0 Å². The molecule has 22 valence electrons. The molecule has 0 rings (SSSR count). The van der Waals surface area contributed by atoms with Crippen molar-refractivity contribution in [3.63, 3.8) is 0 Å². The number of rotatable bonds is 0. The molecule has 0 aliphatic rings. The Morgan fingerprint density at radius 1 is 0.750 bits per heavy atom. The quantitative estimate of drug-likeness (QED) is 0.320. The van der Waals surface area contributed by atoms with Crippen LogP contribution in [0.4, 0.5) is 0 Å². The summed E-state index contributed by atoms with van der Waals surface area (Å²) in [4.78, 5) is 0. The summed E-state index contributed by atoms with van der Waals surface area (Å²) in [5.74, 6) is 0. The van der Waals surface area contributed by atoms with Crippen LogP contribution in [0, 0.1) is 0 Å². The first-order valence-electron chi connectivity index (χ1n) is 0. The third-order valence-corrected chi connectivity index (χ3v) is 0. The zero-order chi connectivity index (χ0) is 0. The maximum absolute atomic E-state index is 0. The van der Waals surface area contributed by atoms with Crippen LogP contribution in [-0.4, -0.2) is 19.8 Å². The van der Waals surface area contributed by atoms with E-state index in [0.29, 0.717) is 0 Å². The van der Waals surface area contributed by atoms with E-state index in [0.717, 1.165) is 0 Å². The second-order valence-electron chi connectivity index (χ2n) is 0. The summed E-state index contributed by atoms with van der Waals surface area (Å²) >= 11 is 0. The average molecular weight is 527 g/mol. The zero-order valence-corrected chi connectivity index (χ0v) is 11.3. The van der Waals surface area contributed by atoms with E-state index in [9.17, 15) is 0 Å². The van der Waals surface area contributed by atoms with Gasteiger partial charge in [0.2, 0.25) is 0 Å². The average Bonchev–Trinajstić information content (AvgIpc) is 0. The van der Waals surface area contributed by atoms with Gasteiger partial charge in [-0.05, 0) is 0 Å². The smallest absolute Gasteiger partial charge is 0 e. The first-order chi connectivity index (χ1) is 0. The van der Waals surface area contributed by atoms with Crippen LogP contribution in [0.2, 0.25) is 0 Å². The number of halogens is 2. The van der Waals surface area contributed by atoms with Crippen molar-refractivity contribution in [3.8, 4) is 0 Å². The molecule has 2 radical (unpaired) electrons. The molecular formula is H3GaHgI2. The molecule has 0 aromatic carbocycles. The van der Waals surface area contributed by atoms with Gasteiger partial charge in [-0.1, -0.05) is 0 Å². The van der Waals surface area contributed by atoms with Gasteiger partial charge in [0, 0.05) is 75.6 Å². The van der Waals surface area contributed by atoms with Gasteiger partial charge in [-0.15, -0.1) is 0 Å². The zero-order valence-electron chi connectivity index (χ0n) is 1.46. The SMILES string of the molecule is [GaH3].[Hg].[I].[I]. The molecule has 0 nitrogen and oxygen atoms in total. The molecule has 0 fully saturated rings. The molecule has 0 saturated carbocycles. The third-order valence-electron chi connectivity index (χ3n) is 0. The molecule has 0 aliphatic carbocycles. The Morgan fingerprint density at radius 3 is 0.750 bits per heavy atom. The molecule has 0 aliphatic heterocycles. The maximum atomic E-state index is 0. The van der Waals surface area contributed by atoms with Gasteiger partial charge in [-0.3, -0.25) is 0 Å². The summed E-state index contributed by atoms with van der Waals surface area (Å²) in [5.41, 5.74) is 0. The molecule has 0 bridgehead atoms. The van der Waals surface area contributed by atoms with Crippen molar-refractivity contribution in [2.24, 2.45) is 0 Å². The van der Waals surface area contributed by atoms with Crippen molar-refractivity contribution in [2.75, 3.05) is 0 Å². The Bertz CT molecular complexity index is 6.00. The van der Waals surface area contributed by atoms with Crippen LogP contribution in [0.3, 0.4) is 0 Å². The van der Waals surface area contributed by atoms with Gasteiger partial charge >= 0.3 is 19.8 Å². The summed E-state index contributed by atoms with van der Waals surface area (Å²) in [6.07, 6.45) is 0. The predicted octanol–water partition coefficient (Wildman–Crippen LogP) is 0.585. The normalized spacial score (nSPS) is 0. The first kappa shape index (κ1) is 27.8. The minimum atomic E-state index is 0. The number of hydrogen-bond donors (Lipinski definition) is 0. The summed E-state index contributed by atoms with van der Waals surface area (Å²) < 4.78 is 0. The minimum absolute atomic E-state index is 0. The monoisotopic (exact) mass is 528 g/mol. The number of hydrogen-bond acceptors (Lipinski definition) is 0. The summed E-state index contributed by atoms with van der Waals surface area (Å²) in [7, 11) is 0. The Labute approximate surface area is 93.5 Å². The minimum Gasteiger partial charge on any atom is 0 e. The molecule has 0 aromatic heterocycles. The van der Waals surface area contributed by atoms with Crippen LogP contribution in [-0.2, 0) is 27.7 Å². The second-order valence-corrected chi connectivity index (χ2v) is 0. The van der Waals surface area contributed by atoms with Crippen molar-refractivity contribution in [1.29, 1.82) is 0 Å². The van der Waals surface area contributed by atoms with E-state index in [2.05, 4.69) is 0 Å². The van der Waals surface area contributed by atoms with Crippen LogP contribution in [0.5, 0.6) is 0 Å². The van der Waals surface area contributed by atoms with Crippen LogP contribution in [0.1, 0.15) is 0 Å². The Hall–Kier alpha value is 3.03. The van der Waals surface area contributed by atoms with E-state index < -0.39 is 0 Å². The molecule has 0 aromatic rings. The van der Waals surface area contributed by atoms with Gasteiger partial charge in [0.15, 0.2) is 0 Å². The fraction of sp³-hybridized carbons (Fsp3) is 0. The molecule has 4 heteroatoms. The molecule has 4 heavy (non-hydrogen) atoms. The van der Waals surface area contributed by atoms with Crippen molar-refractivity contribution in [1.82, 2.24) is 0 Å². The van der Waals surface area contributed by atoms with E-state index in [4.69, 9.17) is 0 Å². The topological polar surface area (TPSA) is 0 Å². The fourth-order valence-corrected chi connectivity index (χ4v) is 0. The molecule has 0 spiro atoms. The molecule has 0 amide bonds.